The molecule has 4 N–H and O–H groups in total. The fourth-order valence-electron chi connectivity index (χ4n) is 0.465. The van der Waals surface area contributed by atoms with Crippen LogP contribution >= 0.6 is 10.8 Å². The van der Waals surface area contributed by atoms with Crippen molar-refractivity contribution in [2.75, 3.05) is 0 Å². The van der Waals surface area contributed by atoms with Gasteiger partial charge in [-0.25, -0.2) is 5.14 Å². The first-order valence-corrected chi connectivity index (χ1v) is 4.03. The molecule has 0 aliphatic heterocycles. The van der Waals surface area contributed by atoms with Crippen LogP contribution in [0, 0.1) is 0 Å². The van der Waals surface area contributed by atoms with E-state index in [2.05, 4.69) is 10.2 Å². The van der Waals surface area contributed by atoms with Gasteiger partial charge in [-0.3, -0.25) is 9.11 Å². The van der Waals surface area contributed by atoms with Crippen molar-refractivity contribution in [2.24, 2.45) is 12.2 Å². The first-order valence-electron chi connectivity index (χ1n) is 2.42. The molecule has 0 fully saturated rings. The highest BCUT2D eigenvalue weighted by Gasteiger charge is 2.12. The lowest BCUT2D eigenvalue weighted by Gasteiger charge is -2.21. The molecule has 1 aromatic heterocycles. The summed E-state index contributed by atoms with van der Waals surface area (Å²) in [6, 6.07) is 0. The molecule has 0 saturated heterocycles. The standard InChI is InChI=1S/C3H8N4O2S/c1-7-5-2-3(6-7)10(4,8)9/h2,8-9H,4H2,1H3. The Bertz CT molecular complexity index is 229. The molecule has 0 bridgehead atoms. The molecule has 6 nitrogen and oxygen atoms in total. The molecule has 0 aliphatic rings. The first-order chi connectivity index (χ1) is 4.50. The summed E-state index contributed by atoms with van der Waals surface area (Å²) >= 11 is 0. The maximum atomic E-state index is 8.80. The molecule has 0 atom stereocenters. The van der Waals surface area contributed by atoms with E-state index < -0.39 is 10.8 Å². The first kappa shape index (κ1) is 7.48. The topological polar surface area (TPSA) is 97.2 Å². The third-order valence-corrected chi connectivity index (χ3v) is 1.69. The molecule has 10 heavy (non-hydrogen) atoms. The molecular formula is C3H8N4O2S. The normalized spacial score (nSPS) is 13.6. The SMILES string of the molecule is Cn1ncc(S(N)(O)O)n1. The lowest BCUT2D eigenvalue weighted by atomic mass is 11.0. The molecule has 0 unspecified atom stereocenters. The van der Waals surface area contributed by atoms with E-state index in [0.29, 0.717) is 0 Å². The fraction of sp³-hybridized carbons (Fsp3) is 0.333. The maximum Gasteiger partial charge on any atom is 0.204 e. The molecule has 0 spiro atoms. The van der Waals surface area contributed by atoms with E-state index >= 15 is 0 Å². The van der Waals surface area contributed by atoms with Gasteiger partial charge in [-0.1, -0.05) is 10.8 Å². The van der Waals surface area contributed by atoms with E-state index in [1.165, 1.54) is 11.0 Å². The van der Waals surface area contributed by atoms with Crippen LogP contribution in [0.2, 0.25) is 0 Å². The van der Waals surface area contributed by atoms with Gasteiger partial charge in [-0.2, -0.15) is 9.90 Å². The Hall–Kier alpha value is -0.630. The molecule has 7 heteroatoms. The predicted molar refractivity (Wildman–Crippen MR) is 36.3 cm³/mol. The highest BCUT2D eigenvalue weighted by Crippen LogP contribution is 2.36. The molecular weight excluding hydrogens is 156 g/mol. The summed E-state index contributed by atoms with van der Waals surface area (Å²) < 4.78 is 17.6. The highest BCUT2D eigenvalue weighted by molar-refractivity contribution is 8.22. The predicted octanol–water partition coefficient (Wildman–Crippen LogP) is -0.202. The van der Waals surface area contributed by atoms with E-state index in [-0.39, 0.29) is 5.03 Å². The lowest BCUT2D eigenvalue weighted by Crippen LogP contribution is -2.09. The van der Waals surface area contributed by atoms with E-state index in [4.69, 9.17) is 14.2 Å². The van der Waals surface area contributed by atoms with Gasteiger partial charge in [-0.05, 0) is 0 Å². The van der Waals surface area contributed by atoms with Crippen LogP contribution in [0.4, 0.5) is 0 Å². The zero-order valence-corrected chi connectivity index (χ0v) is 6.12. The summed E-state index contributed by atoms with van der Waals surface area (Å²) in [4.78, 5) is 1.20. The van der Waals surface area contributed by atoms with Gasteiger partial charge >= 0.3 is 0 Å². The van der Waals surface area contributed by atoms with Crippen molar-refractivity contribution >= 4 is 10.8 Å². The summed E-state index contributed by atoms with van der Waals surface area (Å²) in [7, 11) is -1.61. The Balaban J connectivity index is 2.96. The van der Waals surface area contributed by atoms with Crippen LogP contribution in [0.1, 0.15) is 0 Å². The summed E-state index contributed by atoms with van der Waals surface area (Å²) in [5, 5.41) is 12.2. The molecule has 0 amide bonds. The third kappa shape index (κ3) is 1.45. The molecule has 1 heterocycles. The van der Waals surface area contributed by atoms with Crippen molar-refractivity contribution in [1.29, 1.82) is 0 Å². The minimum Gasteiger partial charge on any atom is -0.280 e. The van der Waals surface area contributed by atoms with Gasteiger partial charge in [0.2, 0.25) is 5.03 Å². The number of rotatable bonds is 1. The Morgan fingerprint density at radius 1 is 1.70 bits per heavy atom. The molecule has 0 aromatic carbocycles. The van der Waals surface area contributed by atoms with Gasteiger partial charge in [0.15, 0.2) is 0 Å². The van der Waals surface area contributed by atoms with Crippen LogP contribution < -0.4 is 5.14 Å². The van der Waals surface area contributed by atoms with Gasteiger partial charge in [0.05, 0.1) is 6.20 Å². The minimum absolute atomic E-state index is 0.00926. The van der Waals surface area contributed by atoms with Crippen LogP contribution in [0.3, 0.4) is 0 Å². The van der Waals surface area contributed by atoms with Crippen LogP contribution in [-0.2, 0) is 7.05 Å². The Labute approximate surface area is 59.1 Å². The van der Waals surface area contributed by atoms with E-state index in [0.717, 1.165) is 0 Å². The van der Waals surface area contributed by atoms with Gasteiger partial charge in [0.25, 0.3) is 0 Å². The van der Waals surface area contributed by atoms with Crippen molar-refractivity contribution in [1.82, 2.24) is 15.0 Å². The van der Waals surface area contributed by atoms with Crippen molar-refractivity contribution < 1.29 is 9.11 Å². The molecule has 1 rings (SSSR count). The summed E-state index contributed by atoms with van der Waals surface area (Å²) in [6.45, 7) is 0. The molecule has 0 aliphatic carbocycles. The van der Waals surface area contributed by atoms with Crippen LogP contribution in [0.5, 0.6) is 0 Å². The average Bonchev–Trinajstić information content (AvgIpc) is 2.11. The molecule has 0 radical (unpaired) electrons. The van der Waals surface area contributed by atoms with Gasteiger partial charge < -0.3 is 0 Å². The van der Waals surface area contributed by atoms with Gasteiger partial charge in [0, 0.05) is 7.05 Å². The highest BCUT2D eigenvalue weighted by atomic mass is 32.3. The second-order valence-electron chi connectivity index (χ2n) is 1.77. The number of hydrogen-bond acceptors (Lipinski definition) is 5. The van der Waals surface area contributed by atoms with Crippen molar-refractivity contribution in [3.05, 3.63) is 6.20 Å². The molecule has 58 valence electrons. The summed E-state index contributed by atoms with van der Waals surface area (Å²) in [5.74, 6) is 0. The number of aromatic nitrogens is 3. The lowest BCUT2D eigenvalue weighted by molar-refractivity contribution is 0.481. The number of hydrogen-bond donors (Lipinski definition) is 3. The Morgan fingerprint density at radius 2 is 2.30 bits per heavy atom. The van der Waals surface area contributed by atoms with Crippen LogP contribution in [0.15, 0.2) is 11.2 Å². The Morgan fingerprint density at radius 3 is 2.50 bits per heavy atom. The summed E-state index contributed by atoms with van der Waals surface area (Å²) in [5.41, 5.74) is 0. The fourth-order valence-corrected chi connectivity index (χ4v) is 0.905. The number of aryl methyl sites for hydroxylation is 1. The van der Waals surface area contributed by atoms with Gasteiger partial charge in [-0.15, -0.1) is 5.10 Å². The van der Waals surface area contributed by atoms with Gasteiger partial charge in [0.1, 0.15) is 0 Å². The number of nitrogens with two attached hydrogens (primary N) is 1. The van der Waals surface area contributed by atoms with E-state index in [1.54, 1.807) is 7.05 Å². The van der Waals surface area contributed by atoms with E-state index in [9.17, 15) is 0 Å². The largest absolute Gasteiger partial charge is 0.280 e. The number of nitrogens with zero attached hydrogens (tertiary/aromatic N) is 3. The second kappa shape index (κ2) is 2.20. The summed E-state index contributed by atoms with van der Waals surface area (Å²) in [6.07, 6.45) is 1.22. The molecule has 0 saturated carbocycles. The average molecular weight is 164 g/mol. The minimum atomic E-state index is -3.18. The van der Waals surface area contributed by atoms with Crippen molar-refractivity contribution in [3.63, 3.8) is 0 Å². The third-order valence-electron chi connectivity index (χ3n) is 0.886. The quantitative estimate of drug-likeness (QED) is 0.534. The maximum absolute atomic E-state index is 8.80. The van der Waals surface area contributed by atoms with E-state index in [1.807, 2.05) is 0 Å². The second-order valence-corrected chi connectivity index (χ2v) is 3.37. The monoisotopic (exact) mass is 164 g/mol. The zero-order chi connectivity index (χ0) is 7.78. The van der Waals surface area contributed by atoms with Crippen LogP contribution in [0.25, 0.3) is 0 Å². The smallest absolute Gasteiger partial charge is 0.204 e. The Kier molecular flexibility index (Phi) is 1.65. The van der Waals surface area contributed by atoms with Crippen LogP contribution in [-0.4, -0.2) is 24.1 Å². The van der Waals surface area contributed by atoms with Crippen molar-refractivity contribution in [3.8, 4) is 0 Å². The van der Waals surface area contributed by atoms with Crippen molar-refractivity contribution in [2.45, 2.75) is 5.03 Å². The molecule has 1 aromatic rings. The zero-order valence-electron chi connectivity index (χ0n) is 5.30.